The maximum absolute atomic E-state index is 5.22. The highest BCUT2D eigenvalue weighted by Gasteiger charge is 2.25. The van der Waals surface area contributed by atoms with E-state index in [2.05, 4.69) is 436 Å². The van der Waals surface area contributed by atoms with Crippen molar-refractivity contribution in [2.45, 2.75) is 0 Å². The Morgan fingerprint density at radius 3 is 0.819 bits per heavy atom. The van der Waals surface area contributed by atoms with Crippen LogP contribution >= 0.6 is 0 Å². The fourth-order valence-corrected chi connectivity index (χ4v) is 21.0. The smallest absolute Gasteiger partial charge is 0.160 e. The van der Waals surface area contributed by atoms with Crippen molar-refractivity contribution in [1.82, 2.24) is 77.2 Å². The van der Waals surface area contributed by atoms with Crippen molar-refractivity contribution in [2.75, 3.05) is 0 Å². The average molecular weight is 1840 g/mol. The Kier molecular flexibility index (Phi) is 20.5. The second-order valence-corrected chi connectivity index (χ2v) is 35.8. The molecule has 0 aliphatic carbocycles. The van der Waals surface area contributed by atoms with Gasteiger partial charge in [0.05, 0.1) is 89.0 Å². The molecule has 29 rings (SSSR count). The van der Waals surface area contributed by atoms with Crippen LogP contribution in [0.2, 0.25) is 0 Å². The minimum atomic E-state index is 0.675. The number of hydrogen-bond donors (Lipinski definition) is 0. The average Bonchev–Trinajstić information content (AvgIpc) is 1.57. The maximum Gasteiger partial charge on any atom is 0.160 e. The molecule has 0 saturated carbocycles. The van der Waals surface area contributed by atoms with Crippen molar-refractivity contribution in [3.63, 3.8) is 0 Å². The third kappa shape index (κ3) is 14.6. The van der Waals surface area contributed by atoms with Gasteiger partial charge in [-0.25, -0.2) is 39.9 Å². The van der Waals surface area contributed by atoms with E-state index in [0.717, 1.165) is 167 Å². The first-order valence-corrected chi connectivity index (χ1v) is 48.1. The van der Waals surface area contributed by atoms with Crippen molar-refractivity contribution in [2.24, 2.45) is 0 Å². The molecule has 0 saturated heterocycles. The quantitative estimate of drug-likeness (QED) is 0.103. The molecule has 0 radical (unpaired) electrons. The third-order valence-corrected chi connectivity index (χ3v) is 27.5. The summed E-state index contributed by atoms with van der Waals surface area (Å²) >= 11 is 0. The zero-order chi connectivity index (χ0) is 95.1. The van der Waals surface area contributed by atoms with Gasteiger partial charge in [0.15, 0.2) is 23.3 Å². The summed E-state index contributed by atoms with van der Waals surface area (Å²) in [6.07, 6.45) is 13.7. The van der Waals surface area contributed by atoms with Gasteiger partial charge in [-0.15, -0.1) is 0 Å². The van der Waals surface area contributed by atoms with Gasteiger partial charge < -0.3 is 27.4 Å². The summed E-state index contributed by atoms with van der Waals surface area (Å²) in [6, 6.07) is 158. The lowest BCUT2D eigenvalue weighted by Crippen LogP contribution is -1.98. The van der Waals surface area contributed by atoms with Crippen LogP contribution in [0.25, 0.3) is 256 Å². The zero-order valence-corrected chi connectivity index (χ0v) is 77.5. The second-order valence-electron chi connectivity index (χ2n) is 35.8. The van der Waals surface area contributed by atoms with Gasteiger partial charge >= 0.3 is 0 Å². The highest BCUT2D eigenvalue weighted by atomic mass is 15.0. The summed E-state index contributed by atoms with van der Waals surface area (Å²) in [5, 5.41) is 14.1. The van der Waals surface area contributed by atoms with Crippen molar-refractivity contribution < 1.29 is 0 Å². The van der Waals surface area contributed by atoms with E-state index in [9.17, 15) is 0 Å². The van der Waals surface area contributed by atoms with E-state index in [1.807, 2.05) is 91.1 Å². The van der Waals surface area contributed by atoms with Gasteiger partial charge in [-0.3, -0.25) is 9.97 Å². The Hall–Kier alpha value is -19.8. The monoisotopic (exact) mass is 1840 g/mol. The van der Waals surface area contributed by atoms with Crippen LogP contribution in [0.3, 0.4) is 0 Å². The van der Waals surface area contributed by atoms with Gasteiger partial charge in [-0.1, -0.05) is 261 Å². The predicted molar refractivity (Wildman–Crippen MR) is 587 cm³/mol. The predicted octanol–water partition coefficient (Wildman–Crippen LogP) is 30.9. The Bertz CT molecular complexity index is 9620. The Morgan fingerprint density at radius 1 is 0.153 bits per heavy atom. The number of aromatic nitrogens is 16. The number of rotatable bonds is 14. The van der Waals surface area contributed by atoms with Crippen LogP contribution in [0.1, 0.15) is 0 Å². The van der Waals surface area contributed by atoms with Crippen molar-refractivity contribution in [3.05, 3.63) is 498 Å². The molecular weight excluding hydrogens is 1760 g/mol. The first-order valence-electron chi connectivity index (χ1n) is 48.1. The molecule has 0 aliphatic heterocycles. The van der Waals surface area contributed by atoms with E-state index in [1.165, 1.54) is 65.0 Å². The summed E-state index contributed by atoms with van der Waals surface area (Å²) in [6.45, 7) is 0. The van der Waals surface area contributed by atoms with E-state index in [-0.39, 0.29) is 0 Å². The van der Waals surface area contributed by atoms with Crippen molar-refractivity contribution in [1.29, 1.82) is 0 Å². The minimum absolute atomic E-state index is 0.675. The van der Waals surface area contributed by atoms with Gasteiger partial charge in [0.25, 0.3) is 0 Å². The SMILES string of the molecule is c1ccc(-n2ccc3c4c5ccccc5n(-c5cccc(-c6nc(-c7ccc(-c8ccccn8)cc7)c7ccccc7n6)c5)c4ccc32)cc1.c1ccc(-n2ccc3c4c5ccccc5n(-c5cccc(-c6nc(-c7ccc(-c8ncccn8)cc7)c7ccccc7n6)c5)c4ccc32)cc1.c1ccc(-n2ccc3c4c5ccccc5n(-c5cccc(-c6nc(-c7ccccn7)c7ccccc7n6)c5)c4ccc32)cc1. The van der Waals surface area contributed by atoms with E-state index in [1.54, 1.807) is 18.6 Å². The van der Waals surface area contributed by atoms with Crippen LogP contribution in [0.4, 0.5) is 0 Å². The van der Waals surface area contributed by atoms with Crippen molar-refractivity contribution >= 4 is 131 Å². The van der Waals surface area contributed by atoms with Crippen LogP contribution in [-0.2, 0) is 0 Å². The van der Waals surface area contributed by atoms with Gasteiger partial charge in [0, 0.05) is 181 Å². The van der Waals surface area contributed by atoms with Gasteiger partial charge in [-0.05, 0) is 194 Å². The summed E-state index contributed by atoms with van der Waals surface area (Å²) in [5.41, 5.74) is 31.2. The van der Waals surface area contributed by atoms with Crippen LogP contribution in [0.5, 0.6) is 0 Å². The fourth-order valence-electron chi connectivity index (χ4n) is 21.0. The highest BCUT2D eigenvalue weighted by molar-refractivity contribution is 6.24. The van der Waals surface area contributed by atoms with Crippen molar-refractivity contribution in [3.8, 4) is 125 Å². The van der Waals surface area contributed by atoms with E-state index in [0.29, 0.717) is 23.3 Å². The van der Waals surface area contributed by atoms with E-state index < -0.39 is 0 Å². The molecule has 0 atom stereocenters. The molecule has 0 amide bonds. The van der Waals surface area contributed by atoms with Gasteiger partial charge in [0.2, 0.25) is 0 Å². The van der Waals surface area contributed by atoms with E-state index >= 15 is 0 Å². The summed E-state index contributed by atoms with van der Waals surface area (Å²) in [7, 11) is 0. The largest absolute Gasteiger partial charge is 0.317 e. The molecule has 16 heteroatoms. The van der Waals surface area contributed by atoms with Crippen LogP contribution < -0.4 is 0 Å². The molecule has 0 unspecified atom stereocenters. The Labute approximate surface area is 825 Å². The minimum Gasteiger partial charge on any atom is -0.317 e. The lowest BCUT2D eigenvalue weighted by atomic mass is 10.0. The number of benzene rings is 17. The molecule has 29 aromatic rings. The Morgan fingerprint density at radius 2 is 0.444 bits per heavy atom. The molecule has 0 fully saturated rings. The lowest BCUT2D eigenvalue weighted by molar-refractivity contribution is 1.13. The molecule has 12 aromatic heterocycles. The third-order valence-electron chi connectivity index (χ3n) is 27.5. The number of fused-ring (bicyclic) bond motifs is 18. The maximum atomic E-state index is 5.22. The van der Waals surface area contributed by atoms with Crippen LogP contribution in [-0.4, -0.2) is 77.2 Å². The number of para-hydroxylation sites is 9. The summed E-state index contributed by atoms with van der Waals surface area (Å²) in [5.74, 6) is 2.74. The highest BCUT2D eigenvalue weighted by Crippen LogP contribution is 2.45. The molecular formula is C128H82N16. The fraction of sp³-hybridized carbons (Fsp3) is 0. The number of nitrogens with zero attached hydrogens (tertiary/aromatic N) is 16. The topological polar surface area (TPSA) is 158 Å². The molecule has 12 heterocycles. The van der Waals surface area contributed by atoms with Gasteiger partial charge in [-0.2, -0.15) is 0 Å². The summed E-state index contributed by atoms with van der Waals surface area (Å²) in [4.78, 5) is 48.6. The normalized spacial score (nSPS) is 11.6. The molecule has 16 nitrogen and oxygen atoms in total. The molecule has 17 aromatic carbocycles. The molecule has 144 heavy (non-hydrogen) atoms. The molecule has 0 aliphatic rings. The zero-order valence-electron chi connectivity index (χ0n) is 77.5. The standard InChI is InChI=1S/C45H29N5.C44H28N6.C39H25N5/c1-2-12-33(13-3-1)49-28-26-37-40(49)24-25-42-43(37)36-16-5-7-19-41(36)50(42)34-14-10-11-32(29-34)45-47-39-18-6-4-15-35(39)44(48-45)31-22-20-30(21-23-31)38-17-8-9-27-46-38;1-2-11-32(12-3-1)49-27-24-36-38(49)22-23-40-41(36)35-15-5-7-17-39(35)50(40)33-13-8-10-31(28-33)44-47-37-16-6-4-14-34(37)42(48-44)29-18-20-30(21-19-29)43-45-25-9-26-46-43;1-2-12-27(13-3-1)43-24-22-31-34(43)20-21-36-37(31)30-16-5-7-19-35(30)44(36)28-14-10-11-26(25-28)39-41-32-17-6-4-15-29(32)38(42-39)33-18-8-9-23-40-33/h1-29H;1-28H;1-25H. The van der Waals surface area contributed by atoms with E-state index in [4.69, 9.17) is 29.9 Å². The number of hydrogen-bond acceptors (Lipinski definition) is 10. The van der Waals surface area contributed by atoms with Gasteiger partial charge in [0.1, 0.15) is 5.69 Å². The molecule has 674 valence electrons. The van der Waals surface area contributed by atoms with Crippen LogP contribution in [0, 0.1) is 0 Å². The molecule has 0 spiro atoms. The second kappa shape index (κ2) is 35.3. The number of pyridine rings is 2. The molecule has 0 bridgehead atoms. The first-order chi connectivity index (χ1) is 71.4. The van der Waals surface area contributed by atoms with Crippen LogP contribution in [0.15, 0.2) is 498 Å². The Balaban J connectivity index is 0.000000108. The lowest BCUT2D eigenvalue weighted by Gasteiger charge is -2.12. The first kappa shape index (κ1) is 83.5. The molecule has 0 N–H and O–H groups in total. The summed E-state index contributed by atoms with van der Waals surface area (Å²) < 4.78 is 13.9.